The molecule has 130 valence electrons. The van der Waals surface area contributed by atoms with Gasteiger partial charge in [-0.05, 0) is 43.5 Å². The van der Waals surface area contributed by atoms with E-state index in [9.17, 15) is 9.59 Å². The Morgan fingerprint density at radius 1 is 1.04 bits per heavy atom. The van der Waals surface area contributed by atoms with E-state index in [2.05, 4.69) is 11.1 Å². The van der Waals surface area contributed by atoms with Crippen molar-refractivity contribution in [1.82, 2.24) is 9.88 Å². The van der Waals surface area contributed by atoms with Crippen molar-refractivity contribution in [2.24, 2.45) is 0 Å². The van der Waals surface area contributed by atoms with Gasteiger partial charge in [0.15, 0.2) is 5.54 Å². The van der Waals surface area contributed by atoms with Gasteiger partial charge in [0.2, 0.25) is 0 Å². The molecule has 3 aromatic rings. The Balaban J connectivity index is 1.72. The molecule has 0 radical (unpaired) electrons. The summed E-state index contributed by atoms with van der Waals surface area (Å²) in [5.41, 5.74) is 3.58. The average Bonchev–Trinajstić information content (AvgIpc) is 3.11. The molecule has 0 unspecified atom stereocenters. The van der Waals surface area contributed by atoms with Crippen LogP contribution >= 0.6 is 0 Å². The molecule has 0 aliphatic carbocycles. The van der Waals surface area contributed by atoms with Gasteiger partial charge in [0.25, 0.3) is 5.91 Å². The number of nitrogens with one attached hydrogen (secondary N) is 1. The molecule has 5 heteroatoms. The number of aromatic amines is 1. The molecule has 0 bridgehead atoms. The number of carbonyl (C=O) groups is 2. The van der Waals surface area contributed by atoms with Gasteiger partial charge < -0.3 is 9.88 Å². The van der Waals surface area contributed by atoms with Gasteiger partial charge in [-0.15, -0.1) is 0 Å². The first-order valence-electron chi connectivity index (χ1n) is 8.85. The van der Waals surface area contributed by atoms with Gasteiger partial charge >= 0.3 is 6.03 Å². The lowest BCUT2D eigenvalue weighted by molar-refractivity contribution is -0.125. The maximum absolute atomic E-state index is 13.5. The first-order chi connectivity index (χ1) is 12.5. The van der Waals surface area contributed by atoms with Crippen molar-refractivity contribution in [1.29, 1.82) is 0 Å². The number of para-hydroxylation sites is 2. The molecule has 3 heterocycles. The molecule has 5 nitrogen and oxygen atoms in total. The number of nitrogens with zero attached hydrogens (tertiary/aromatic N) is 2. The molecule has 0 saturated carbocycles. The van der Waals surface area contributed by atoms with Gasteiger partial charge in [0.1, 0.15) is 0 Å². The highest BCUT2D eigenvalue weighted by Gasteiger charge is 2.59. The zero-order chi connectivity index (χ0) is 18.1. The highest BCUT2D eigenvalue weighted by Crippen LogP contribution is 2.45. The van der Waals surface area contributed by atoms with E-state index in [0.717, 1.165) is 34.1 Å². The topological polar surface area (TPSA) is 56.4 Å². The summed E-state index contributed by atoms with van der Waals surface area (Å²) in [6.07, 6.45) is 0.746. The third kappa shape index (κ3) is 1.70. The molecule has 1 fully saturated rings. The molecule has 1 N–H and O–H groups in total. The van der Waals surface area contributed by atoms with Crippen molar-refractivity contribution in [2.75, 3.05) is 11.4 Å². The van der Waals surface area contributed by atoms with Gasteiger partial charge in [-0.2, -0.15) is 0 Å². The molecule has 1 atom stereocenters. The molecule has 1 aromatic heterocycles. The maximum Gasteiger partial charge on any atom is 0.332 e. The number of rotatable bonds is 1. The summed E-state index contributed by atoms with van der Waals surface area (Å²) in [7, 11) is 0. The second kappa shape index (κ2) is 4.97. The number of carbonyl (C=O) groups excluding carboxylic acids is 2. The molecule has 0 spiro atoms. The van der Waals surface area contributed by atoms with E-state index >= 15 is 0 Å². The molecule has 2 aliphatic heterocycles. The third-order valence-corrected chi connectivity index (χ3v) is 5.82. The number of fused-ring (bicyclic) bond motifs is 5. The highest BCUT2D eigenvalue weighted by molar-refractivity contribution is 6.24. The van der Waals surface area contributed by atoms with Crippen molar-refractivity contribution in [3.8, 4) is 0 Å². The second-order valence-corrected chi connectivity index (χ2v) is 7.21. The Bertz CT molecular complexity index is 1080. The summed E-state index contributed by atoms with van der Waals surface area (Å²) in [4.78, 5) is 33.1. The van der Waals surface area contributed by atoms with E-state index in [1.165, 1.54) is 4.90 Å². The Morgan fingerprint density at radius 2 is 1.77 bits per heavy atom. The Kier molecular flexibility index (Phi) is 2.91. The largest absolute Gasteiger partial charge is 0.356 e. The fraction of sp³-hybridized carbons (Fsp3) is 0.238. The number of benzene rings is 2. The summed E-state index contributed by atoms with van der Waals surface area (Å²) in [6, 6.07) is 15.4. The van der Waals surface area contributed by atoms with Crippen LogP contribution in [0, 0.1) is 6.92 Å². The SMILES string of the molecule is Cc1ccccc1N1C(=O)N2CCc3c([nH]c4ccccc34)[C@]2(C)C1=O. The van der Waals surface area contributed by atoms with Gasteiger partial charge in [-0.1, -0.05) is 36.4 Å². The minimum Gasteiger partial charge on any atom is -0.356 e. The molecule has 2 aliphatic rings. The number of hydrogen-bond acceptors (Lipinski definition) is 2. The second-order valence-electron chi connectivity index (χ2n) is 7.21. The molecule has 26 heavy (non-hydrogen) atoms. The van der Waals surface area contributed by atoms with E-state index in [0.29, 0.717) is 12.2 Å². The Morgan fingerprint density at radius 3 is 2.58 bits per heavy atom. The quantitative estimate of drug-likeness (QED) is 0.684. The number of H-pyrrole nitrogens is 1. The van der Waals surface area contributed by atoms with Crippen LogP contribution in [0.3, 0.4) is 0 Å². The van der Waals surface area contributed by atoms with Crippen molar-refractivity contribution in [3.63, 3.8) is 0 Å². The van der Waals surface area contributed by atoms with Crippen LogP contribution in [0.25, 0.3) is 10.9 Å². The fourth-order valence-electron chi connectivity index (χ4n) is 4.42. The normalized spacial score (nSPS) is 22.1. The summed E-state index contributed by atoms with van der Waals surface area (Å²) in [5.74, 6) is -0.190. The molecule has 1 saturated heterocycles. The van der Waals surface area contributed by atoms with Gasteiger partial charge in [-0.25, -0.2) is 9.69 Å². The molecule has 5 rings (SSSR count). The summed E-state index contributed by atoms with van der Waals surface area (Å²) in [5, 5.41) is 1.14. The molecule has 2 aromatic carbocycles. The minimum atomic E-state index is -0.994. The average molecular weight is 345 g/mol. The monoisotopic (exact) mass is 345 g/mol. The lowest BCUT2D eigenvalue weighted by Gasteiger charge is -2.35. The summed E-state index contributed by atoms with van der Waals surface area (Å²) in [6.45, 7) is 4.32. The highest BCUT2D eigenvalue weighted by atomic mass is 16.2. The lowest BCUT2D eigenvalue weighted by Crippen LogP contribution is -2.49. The van der Waals surface area contributed by atoms with Crippen molar-refractivity contribution >= 4 is 28.5 Å². The minimum absolute atomic E-state index is 0.190. The van der Waals surface area contributed by atoms with Crippen LogP contribution in [0.5, 0.6) is 0 Å². The maximum atomic E-state index is 13.5. The first-order valence-corrected chi connectivity index (χ1v) is 8.85. The standard InChI is InChI=1S/C21H19N3O2/c1-13-7-3-6-10-17(13)24-19(25)21(2)18-15(11-12-23(21)20(24)26)14-8-4-5-9-16(14)22-18/h3-10,22H,11-12H2,1-2H3/t21-/m1/s1. The lowest BCUT2D eigenvalue weighted by atomic mass is 9.87. The number of hydrogen-bond donors (Lipinski definition) is 1. The van der Waals surface area contributed by atoms with Gasteiger partial charge in [-0.3, -0.25) is 4.79 Å². The van der Waals surface area contributed by atoms with Crippen molar-refractivity contribution in [3.05, 3.63) is 65.4 Å². The smallest absolute Gasteiger partial charge is 0.332 e. The zero-order valence-corrected chi connectivity index (χ0v) is 14.7. The Hall–Kier alpha value is -3.08. The van der Waals surface area contributed by atoms with Gasteiger partial charge in [0.05, 0.1) is 11.4 Å². The summed E-state index contributed by atoms with van der Waals surface area (Å²) >= 11 is 0. The van der Waals surface area contributed by atoms with Crippen LogP contribution in [0.15, 0.2) is 48.5 Å². The van der Waals surface area contributed by atoms with E-state index in [4.69, 9.17) is 0 Å². The summed E-state index contributed by atoms with van der Waals surface area (Å²) < 4.78 is 0. The number of aryl methyl sites for hydroxylation is 1. The first kappa shape index (κ1) is 15.2. The van der Waals surface area contributed by atoms with Crippen LogP contribution in [-0.2, 0) is 16.8 Å². The van der Waals surface area contributed by atoms with Crippen molar-refractivity contribution < 1.29 is 9.59 Å². The van der Waals surface area contributed by atoms with Crippen LogP contribution in [0.4, 0.5) is 10.5 Å². The fourth-order valence-corrected chi connectivity index (χ4v) is 4.42. The van der Waals surface area contributed by atoms with E-state index in [1.807, 2.05) is 56.3 Å². The molecular weight excluding hydrogens is 326 g/mol. The van der Waals surface area contributed by atoms with Crippen molar-refractivity contribution in [2.45, 2.75) is 25.8 Å². The van der Waals surface area contributed by atoms with Crippen LogP contribution in [0.2, 0.25) is 0 Å². The number of amides is 3. The van der Waals surface area contributed by atoms with E-state index < -0.39 is 5.54 Å². The van der Waals surface area contributed by atoms with E-state index in [-0.39, 0.29) is 11.9 Å². The number of anilines is 1. The molecule has 3 amide bonds. The van der Waals surface area contributed by atoms with Gasteiger partial charge in [0, 0.05) is 17.4 Å². The number of aromatic nitrogens is 1. The van der Waals surface area contributed by atoms with Crippen LogP contribution in [-0.4, -0.2) is 28.4 Å². The van der Waals surface area contributed by atoms with E-state index in [1.54, 1.807) is 4.90 Å². The predicted octanol–water partition coefficient (Wildman–Crippen LogP) is 3.72. The number of urea groups is 1. The number of imide groups is 1. The van der Waals surface area contributed by atoms with Crippen LogP contribution < -0.4 is 4.90 Å². The predicted molar refractivity (Wildman–Crippen MR) is 100 cm³/mol. The third-order valence-electron chi connectivity index (χ3n) is 5.82. The zero-order valence-electron chi connectivity index (χ0n) is 14.7. The Labute approximate surface area is 151 Å². The van der Waals surface area contributed by atoms with Crippen LogP contribution in [0.1, 0.15) is 23.7 Å². The molecular formula is C21H19N3O2.